The predicted octanol–water partition coefficient (Wildman–Crippen LogP) is 3.59. The van der Waals surface area contributed by atoms with Crippen LogP contribution in [0.4, 0.5) is 0 Å². The predicted molar refractivity (Wildman–Crippen MR) is 117 cm³/mol. The summed E-state index contributed by atoms with van der Waals surface area (Å²) in [6.45, 7) is 4.88. The smallest absolute Gasteiger partial charge is 0.344 e. The van der Waals surface area contributed by atoms with Crippen LogP contribution >= 0.6 is 0 Å². The topological polar surface area (TPSA) is 71.0 Å². The number of β-amino-alcohol motifs (C(OH)–C–C–N with tert-alkyl or cyclic N) is 1. The fourth-order valence-electron chi connectivity index (χ4n) is 4.49. The lowest BCUT2D eigenvalue weighted by Gasteiger charge is -2.31. The number of piperidine rings is 1. The number of imidazole rings is 1. The third-order valence-electron chi connectivity index (χ3n) is 6.12. The average Bonchev–Trinajstić information content (AvgIpc) is 3.13. The Kier molecular flexibility index (Phi) is 4.89. The Morgan fingerprint density at radius 1 is 1.13 bits per heavy atom. The fourth-order valence-corrected chi connectivity index (χ4v) is 4.49. The highest BCUT2D eigenvalue weighted by Crippen LogP contribution is 2.31. The van der Waals surface area contributed by atoms with Crippen LogP contribution in [0.1, 0.15) is 30.0 Å². The van der Waals surface area contributed by atoms with Gasteiger partial charge in [-0.1, -0.05) is 12.1 Å². The van der Waals surface area contributed by atoms with Crippen molar-refractivity contribution in [2.24, 2.45) is 0 Å². The lowest BCUT2D eigenvalue weighted by molar-refractivity contribution is 0.164. The quantitative estimate of drug-likeness (QED) is 0.528. The minimum atomic E-state index is -0.325. The minimum absolute atomic E-state index is 0.210. The maximum absolute atomic E-state index is 12.8. The van der Waals surface area contributed by atoms with Crippen LogP contribution < -0.4 is 5.63 Å². The van der Waals surface area contributed by atoms with Crippen molar-refractivity contribution >= 4 is 16.6 Å². The molecule has 154 valence electrons. The molecule has 0 bridgehead atoms. The average molecular weight is 403 g/mol. The number of aromatic nitrogens is 2. The first kappa shape index (κ1) is 19.0. The third-order valence-corrected chi connectivity index (χ3v) is 6.12. The van der Waals surface area contributed by atoms with Gasteiger partial charge in [0.25, 0.3) is 0 Å². The van der Waals surface area contributed by atoms with Gasteiger partial charge in [-0.25, -0.2) is 9.78 Å². The van der Waals surface area contributed by atoms with Gasteiger partial charge in [-0.3, -0.25) is 0 Å². The highest BCUT2D eigenvalue weighted by Gasteiger charge is 2.21. The van der Waals surface area contributed by atoms with E-state index >= 15 is 0 Å². The van der Waals surface area contributed by atoms with Gasteiger partial charge in [0.15, 0.2) is 0 Å². The second-order valence-electron chi connectivity index (χ2n) is 8.15. The Hall–Kier alpha value is -2.96. The molecule has 4 aromatic rings. The maximum Gasteiger partial charge on any atom is 0.344 e. The van der Waals surface area contributed by atoms with Crippen LogP contribution in [-0.2, 0) is 0 Å². The number of nitrogens with zero attached hydrogens (tertiary/aromatic N) is 3. The van der Waals surface area contributed by atoms with Gasteiger partial charge >= 0.3 is 5.63 Å². The van der Waals surface area contributed by atoms with Crippen LogP contribution in [-0.4, -0.2) is 45.6 Å². The summed E-state index contributed by atoms with van der Waals surface area (Å²) in [5.41, 5.74) is 4.70. The van der Waals surface area contributed by atoms with E-state index in [2.05, 4.69) is 22.0 Å². The molecular weight excluding hydrogens is 378 g/mol. The van der Waals surface area contributed by atoms with Gasteiger partial charge in [-0.05, 0) is 68.6 Å². The molecule has 0 unspecified atom stereocenters. The van der Waals surface area contributed by atoms with Gasteiger partial charge in [0.2, 0.25) is 0 Å². The molecule has 1 aliphatic rings. The summed E-state index contributed by atoms with van der Waals surface area (Å²) in [6.07, 6.45) is 5.97. The summed E-state index contributed by atoms with van der Waals surface area (Å²) in [7, 11) is 0. The van der Waals surface area contributed by atoms with Crippen molar-refractivity contribution in [2.45, 2.75) is 25.7 Å². The van der Waals surface area contributed by atoms with E-state index in [0.29, 0.717) is 17.1 Å². The van der Waals surface area contributed by atoms with Crippen molar-refractivity contribution in [1.82, 2.24) is 14.3 Å². The van der Waals surface area contributed by atoms with E-state index in [1.54, 1.807) is 0 Å². The molecule has 4 heterocycles. The largest absolute Gasteiger partial charge is 0.422 e. The first-order valence-electron chi connectivity index (χ1n) is 10.5. The van der Waals surface area contributed by atoms with Gasteiger partial charge < -0.3 is 18.8 Å². The van der Waals surface area contributed by atoms with Crippen LogP contribution in [0, 0.1) is 6.92 Å². The van der Waals surface area contributed by atoms with E-state index < -0.39 is 0 Å². The Morgan fingerprint density at radius 3 is 2.77 bits per heavy atom. The van der Waals surface area contributed by atoms with Crippen LogP contribution in [0.15, 0.2) is 58.0 Å². The van der Waals surface area contributed by atoms with E-state index in [-0.39, 0.29) is 12.2 Å². The normalized spacial score (nSPS) is 15.9. The van der Waals surface area contributed by atoms with E-state index in [1.165, 1.54) is 5.56 Å². The van der Waals surface area contributed by atoms with Crippen LogP contribution in [0.2, 0.25) is 0 Å². The zero-order valence-corrected chi connectivity index (χ0v) is 17.0. The highest BCUT2D eigenvalue weighted by molar-refractivity contribution is 5.82. The molecule has 1 saturated heterocycles. The van der Waals surface area contributed by atoms with Crippen molar-refractivity contribution < 1.29 is 9.52 Å². The van der Waals surface area contributed by atoms with Crippen LogP contribution in [0.3, 0.4) is 0 Å². The van der Waals surface area contributed by atoms with E-state index in [9.17, 15) is 4.79 Å². The monoisotopic (exact) mass is 403 g/mol. The number of fused-ring (bicyclic) bond motifs is 2. The van der Waals surface area contributed by atoms with Crippen molar-refractivity contribution in [3.63, 3.8) is 0 Å². The number of benzene rings is 1. The lowest BCUT2D eigenvalue weighted by atomic mass is 9.89. The van der Waals surface area contributed by atoms with Crippen LogP contribution in [0.25, 0.3) is 27.7 Å². The number of hydrogen-bond donors (Lipinski definition) is 1. The van der Waals surface area contributed by atoms with Crippen molar-refractivity contribution in [2.75, 3.05) is 26.2 Å². The number of aryl methyl sites for hydroxylation is 1. The molecule has 0 radical (unpaired) electrons. The number of aliphatic hydroxyl groups excluding tert-OH is 1. The standard InChI is InChI=1S/C24H25N3O3/c1-16-14-27-15-20(4-5-23(27)25-16)21-12-19-3-2-18(13-22(19)30-24(21)29)17-6-8-26(9-7-17)10-11-28/h2-5,12-15,17,28H,6-11H2,1H3. The molecule has 5 rings (SSSR count). The van der Waals surface area contributed by atoms with Crippen LogP contribution in [0.5, 0.6) is 0 Å². The molecule has 0 saturated carbocycles. The van der Waals surface area contributed by atoms with E-state index in [1.807, 2.05) is 48.0 Å². The Balaban J connectivity index is 1.46. The van der Waals surface area contributed by atoms with Gasteiger partial charge in [-0.2, -0.15) is 0 Å². The summed E-state index contributed by atoms with van der Waals surface area (Å²) in [4.78, 5) is 19.5. The molecule has 1 fully saturated rings. The summed E-state index contributed by atoms with van der Waals surface area (Å²) in [5, 5.41) is 10.0. The molecule has 0 amide bonds. The highest BCUT2D eigenvalue weighted by atomic mass is 16.4. The third kappa shape index (κ3) is 3.53. The van der Waals surface area contributed by atoms with Gasteiger partial charge in [-0.15, -0.1) is 0 Å². The zero-order valence-electron chi connectivity index (χ0n) is 17.0. The second-order valence-corrected chi connectivity index (χ2v) is 8.15. The molecule has 1 aromatic carbocycles. The first-order chi connectivity index (χ1) is 14.6. The second kappa shape index (κ2) is 7.70. The Labute approximate surface area is 174 Å². The number of hydrogen-bond acceptors (Lipinski definition) is 5. The van der Waals surface area contributed by atoms with Crippen molar-refractivity contribution in [3.05, 3.63) is 70.5 Å². The zero-order chi connectivity index (χ0) is 20.7. The maximum atomic E-state index is 12.8. The summed E-state index contributed by atoms with van der Waals surface area (Å²) in [5.74, 6) is 0.459. The van der Waals surface area contributed by atoms with Crippen molar-refractivity contribution in [1.29, 1.82) is 0 Å². The molecule has 6 heteroatoms. The molecule has 1 aliphatic heterocycles. The first-order valence-corrected chi connectivity index (χ1v) is 10.5. The lowest BCUT2D eigenvalue weighted by Crippen LogP contribution is -2.34. The molecule has 0 spiro atoms. The molecule has 1 N–H and O–H groups in total. The molecule has 3 aromatic heterocycles. The SMILES string of the molecule is Cc1cn2cc(-c3cc4ccc(C5CCN(CCO)CC5)cc4oc3=O)ccc2n1. The van der Waals surface area contributed by atoms with Gasteiger partial charge in [0.05, 0.1) is 17.9 Å². The fraction of sp³-hybridized carbons (Fsp3) is 0.333. The number of likely N-dealkylation sites (tertiary alicyclic amines) is 1. The Morgan fingerprint density at radius 2 is 1.97 bits per heavy atom. The Bertz CT molecular complexity index is 1270. The summed E-state index contributed by atoms with van der Waals surface area (Å²) in [6, 6.07) is 12.0. The molecule has 6 nitrogen and oxygen atoms in total. The van der Waals surface area contributed by atoms with Gasteiger partial charge in [0, 0.05) is 29.9 Å². The number of pyridine rings is 1. The molecule has 0 atom stereocenters. The minimum Gasteiger partial charge on any atom is -0.422 e. The number of rotatable bonds is 4. The summed E-state index contributed by atoms with van der Waals surface area (Å²) < 4.78 is 7.66. The molecule has 0 aliphatic carbocycles. The van der Waals surface area contributed by atoms with E-state index in [4.69, 9.17) is 9.52 Å². The summed E-state index contributed by atoms with van der Waals surface area (Å²) >= 11 is 0. The number of aliphatic hydroxyl groups is 1. The van der Waals surface area contributed by atoms with E-state index in [0.717, 1.165) is 54.8 Å². The van der Waals surface area contributed by atoms with Gasteiger partial charge in [0.1, 0.15) is 11.2 Å². The van der Waals surface area contributed by atoms with Crippen molar-refractivity contribution in [3.8, 4) is 11.1 Å². The molecular formula is C24H25N3O3. The molecule has 30 heavy (non-hydrogen) atoms.